The van der Waals surface area contributed by atoms with Crippen molar-refractivity contribution in [3.8, 4) is 5.75 Å². The molecule has 0 radical (unpaired) electrons. The lowest BCUT2D eigenvalue weighted by Crippen LogP contribution is -2.29. The first kappa shape index (κ1) is 20.0. The van der Waals surface area contributed by atoms with Crippen molar-refractivity contribution >= 4 is 23.6 Å². The minimum Gasteiger partial charge on any atom is -0.497 e. The number of rotatable bonds is 6. The molecule has 2 rings (SSSR count). The number of nitrogens with one attached hydrogen (secondary N) is 2. The standard InChI is InChI=1S/C19H17F3N2O3/c1-27-16-4-2-3-13(11-16)7-10-17(25)23-12-14-5-8-15(9-6-14)24-18(26)19(20,21)22/h2-11H,12H2,1H3,(H,23,25)(H,24,26)/b10-7+. The predicted octanol–water partition coefficient (Wildman–Crippen LogP) is 3.53. The summed E-state index contributed by atoms with van der Waals surface area (Å²) in [7, 11) is 1.55. The summed E-state index contributed by atoms with van der Waals surface area (Å²) in [5, 5.41) is 4.41. The average Bonchev–Trinajstić information content (AvgIpc) is 2.65. The number of methoxy groups -OCH3 is 1. The van der Waals surface area contributed by atoms with Gasteiger partial charge in [-0.1, -0.05) is 24.3 Å². The van der Waals surface area contributed by atoms with Crippen molar-refractivity contribution in [1.82, 2.24) is 5.32 Å². The molecule has 2 amide bonds. The van der Waals surface area contributed by atoms with Gasteiger partial charge in [-0.3, -0.25) is 9.59 Å². The summed E-state index contributed by atoms with van der Waals surface area (Å²) in [6.45, 7) is 0.189. The summed E-state index contributed by atoms with van der Waals surface area (Å²) in [5.41, 5.74) is 1.49. The maximum absolute atomic E-state index is 12.2. The van der Waals surface area contributed by atoms with E-state index < -0.39 is 12.1 Å². The number of hydrogen-bond donors (Lipinski definition) is 2. The van der Waals surface area contributed by atoms with Crippen LogP contribution in [0.3, 0.4) is 0 Å². The molecule has 8 heteroatoms. The van der Waals surface area contributed by atoms with E-state index in [1.54, 1.807) is 36.7 Å². The smallest absolute Gasteiger partial charge is 0.471 e. The van der Waals surface area contributed by atoms with Crippen LogP contribution in [0.2, 0.25) is 0 Å². The number of carbonyl (C=O) groups excluding carboxylic acids is 2. The fraction of sp³-hybridized carbons (Fsp3) is 0.158. The molecule has 2 aromatic carbocycles. The molecule has 2 aromatic rings. The Morgan fingerprint density at radius 3 is 2.44 bits per heavy atom. The van der Waals surface area contributed by atoms with E-state index in [1.165, 1.54) is 30.3 Å². The number of anilines is 1. The first-order valence-corrected chi connectivity index (χ1v) is 7.85. The zero-order chi connectivity index (χ0) is 19.9. The van der Waals surface area contributed by atoms with Crippen LogP contribution in [-0.2, 0) is 16.1 Å². The monoisotopic (exact) mass is 378 g/mol. The van der Waals surface area contributed by atoms with Crippen molar-refractivity contribution in [3.05, 3.63) is 65.7 Å². The number of ether oxygens (including phenoxy) is 1. The molecule has 0 heterocycles. The van der Waals surface area contributed by atoms with Crippen LogP contribution >= 0.6 is 0 Å². The highest BCUT2D eigenvalue weighted by molar-refractivity contribution is 5.95. The molecule has 0 saturated heterocycles. The quantitative estimate of drug-likeness (QED) is 0.756. The molecule has 0 bridgehead atoms. The van der Waals surface area contributed by atoms with E-state index in [2.05, 4.69) is 5.32 Å². The van der Waals surface area contributed by atoms with Crippen molar-refractivity contribution in [3.63, 3.8) is 0 Å². The molecule has 0 fully saturated rings. The van der Waals surface area contributed by atoms with Gasteiger partial charge in [0.25, 0.3) is 0 Å². The van der Waals surface area contributed by atoms with E-state index in [1.807, 2.05) is 6.07 Å². The van der Waals surface area contributed by atoms with Crippen molar-refractivity contribution in [1.29, 1.82) is 0 Å². The van der Waals surface area contributed by atoms with Crippen molar-refractivity contribution in [2.75, 3.05) is 12.4 Å². The molecule has 0 atom stereocenters. The number of benzene rings is 2. The highest BCUT2D eigenvalue weighted by Gasteiger charge is 2.38. The summed E-state index contributed by atoms with van der Waals surface area (Å²) < 4.78 is 41.7. The van der Waals surface area contributed by atoms with E-state index in [4.69, 9.17) is 4.74 Å². The van der Waals surface area contributed by atoms with Crippen molar-refractivity contribution in [2.45, 2.75) is 12.7 Å². The van der Waals surface area contributed by atoms with Crippen LogP contribution in [0.15, 0.2) is 54.6 Å². The summed E-state index contributed by atoms with van der Waals surface area (Å²) in [5.74, 6) is -1.69. The van der Waals surface area contributed by atoms with Crippen molar-refractivity contribution < 1.29 is 27.5 Å². The van der Waals surface area contributed by atoms with E-state index in [9.17, 15) is 22.8 Å². The number of amides is 2. The maximum Gasteiger partial charge on any atom is 0.471 e. The van der Waals surface area contributed by atoms with Gasteiger partial charge in [0.05, 0.1) is 7.11 Å². The van der Waals surface area contributed by atoms with Crippen LogP contribution < -0.4 is 15.4 Å². The normalized spacial score (nSPS) is 11.3. The first-order valence-electron chi connectivity index (χ1n) is 7.85. The van der Waals surface area contributed by atoms with Gasteiger partial charge in [0.15, 0.2) is 0 Å². The Balaban J connectivity index is 1.86. The molecule has 5 nitrogen and oxygen atoms in total. The van der Waals surface area contributed by atoms with Crippen LogP contribution in [0.5, 0.6) is 5.75 Å². The lowest BCUT2D eigenvalue weighted by molar-refractivity contribution is -0.167. The van der Waals surface area contributed by atoms with E-state index >= 15 is 0 Å². The second-order valence-electron chi connectivity index (χ2n) is 5.48. The summed E-state index contributed by atoms with van der Waals surface area (Å²) >= 11 is 0. The molecule has 0 unspecified atom stereocenters. The van der Waals surface area contributed by atoms with E-state index in [0.717, 1.165) is 5.56 Å². The fourth-order valence-electron chi connectivity index (χ4n) is 2.07. The van der Waals surface area contributed by atoms with Crippen molar-refractivity contribution in [2.24, 2.45) is 0 Å². The summed E-state index contributed by atoms with van der Waals surface area (Å²) in [6.07, 6.45) is -1.94. The number of hydrogen-bond acceptors (Lipinski definition) is 3. The number of alkyl halides is 3. The van der Waals surface area contributed by atoms with Gasteiger partial charge < -0.3 is 15.4 Å². The lowest BCUT2D eigenvalue weighted by Gasteiger charge is -2.09. The maximum atomic E-state index is 12.2. The topological polar surface area (TPSA) is 67.4 Å². The van der Waals surface area contributed by atoms with E-state index in [-0.39, 0.29) is 18.1 Å². The van der Waals surface area contributed by atoms with Crippen LogP contribution in [0, 0.1) is 0 Å². The highest BCUT2D eigenvalue weighted by Crippen LogP contribution is 2.18. The minimum atomic E-state index is -4.94. The van der Waals surface area contributed by atoms with Crippen LogP contribution in [0.1, 0.15) is 11.1 Å². The Labute approximate surface area is 153 Å². The molecule has 0 spiro atoms. The predicted molar refractivity (Wildman–Crippen MR) is 95.0 cm³/mol. The minimum absolute atomic E-state index is 0.0188. The number of halogens is 3. The first-order chi connectivity index (χ1) is 12.8. The zero-order valence-electron chi connectivity index (χ0n) is 14.3. The van der Waals surface area contributed by atoms with Gasteiger partial charge >= 0.3 is 12.1 Å². The third-order valence-electron chi connectivity index (χ3n) is 3.46. The SMILES string of the molecule is COc1cccc(/C=C/C(=O)NCc2ccc(NC(=O)C(F)(F)F)cc2)c1. The van der Waals surface area contributed by atoms with Gasteiger partial charge in [0, 0.05) is 18.3 Å². The molecule has 142 valence electrons. The number of carbonyl (C=O) groups is 2. The molecule has 0 saturated carbocycles. The van der Waals surface area contributed by atoms with Gasteiger partial charge in [-0.15, -0.1) is 0 Å². The molecule has 0 aliphatic carbocycles. The molecule has 0 aliphatic heterocycles. The molecule has 0 aromatic heterocycles. The fourth-order valence-corrected chi connectivity index (χ4v) is 2.07. The average molecular weight is 378 g/mol. The van der Waals surface area contributed by atoms with Crippen LogP contribution in [-0.4, -0.2) is 25.1 Å². The Bertz CT molecular complexity index is 831. The van der Waals surface area contributed by atoms with E-state index in [0.29, 0.717) is 11.3 Å². The van der Waals surface area contributed by atoms with Gasteiger partial charge in [0.2, 0.25) is 5.91 Å². The highest BCUT2D eigenvalue weighted by atomic mass is 19.4. The second-order valence-corrected chi connectivity index (χ2v) is 5.48. The second kappa shape index (κ2) is 8.88. The van der Waals surface area contributed by atoms with Crippen LogP contribution in [0.4, 0.5) is 18.9 Å². The Kier molecular flexibility index (Phi) is 6.59. The Morgan fingerprint density at radius 1 is 1.11 bits per heavy atom. The third-order valence-corrected chi connectivity index (χ3v) is 3.46. The van der Waals surface area contributed by atoms with Gasteiger partial charge in [-0.2, -0.15) is 13.2 Å². The molecule has 2 N–H and O–H groups in total. The molecular weight excluding hydrogens is 361 g/mol. The lowest BCUT2D eigenvalue weighted by atomic mass is 10.2. The Morgan fingerprint density at radius 2 is 1.81 bits per heavy atom. The molecule has 0 aliphatic rings. The largest absolute Gasteiger partial charge is 0.497 e. The zero-order valence-corrected chi connectivity index (χ0v) is 14.3. The summed E-state index contributed by atoms with van der Waals surface area (Å²) in [4.78, 5) is 22.7. The van der Waals surface area contributed by atoms with Gasteiger partial charge in [-0.05, 0) is 41.5 Å². The van der Waals surface area contributed by atoms with Crippen LogP contribution in [0.25, 0.3) is 6.08 Å². The molecular formula is C19H17F3N2O3. The molecule has 27 heavy (non-hydrogen) atoms. The van der Waals surface area contributed by atoms with Gasteiger partial charge in [0.1, 0.15) is 5.75 Å². The third kappa shape index (κ3) is 6.50. The Hall–Kier alpha value is -3.29. The summed E-state index contributed by atoms with van der Waals surface area (Å²) in [6, 6.07) is 12.9. The van der Waals surface area contributed by atoms with Gasteiger partial charge in [-0.25, -0.2) is 0 Å².